The normalized spacial score (nSPS) is 26.3. The molecule has 2 aliphatic carbocycles. The molecule has 32 heavy (non-hydrogen) atoms. The average Bonchev–Trinajstić information content (AvgIpc) is 2.80. The van der Waals surface area contributed by atoms with Crippen LogP contribution in [0.2, 0.25) is 5.02 Å². The minimum absolute atomic E-state index is 0.0587. The van der Waals surface area contributed by atoms with Gasteiger partial charge in [-0.25, -0.2) is 13.2 Å². The van der Waals surface area contributed by atoms with Gasteiger partial charge < -0.3 is 0 Å². The van der Waals surface area contributed by atoms with Crippen molar-refractivity contribution in [2.24, 2.45) is 17.8 Å². The van der Waals surface area contributed by atoms with Crippen LogP contribution < -0.4 is 0 Å². The molecule has 0 spiro atoms. The molecule has 0 saturated heterocycles. The second-order valence-corrected chi connectivity index (χ2v) is 10.5. The van der Waals surface area contributed by atoms with Crippen molar-refractivity contribution in [3.8, 4) is 11.1 Å². The molecule has 174 valence electrons. The van der Waals surface area contributed by atoms with E-state index in [4.69, 9.17) is 11.6 Å². The molecule has 2 aliphatic rings. The summed E-state index contributed by atoms with van der Waals surface area (Å²) in [5, 5.41) is -0.0587. The van der Waals surface area contributed by atoms with E-state index in [0.717, 1.165) is 55.1 Å². The Balaban J connectivity index is 1.33. The highest BCUT2D eigenvalue weighted by molar-refractivity contribution is 6.30. The maximum Gasteiger partial charge on any atom is 0.142 e. The van der Waals surface area contributed by atoms with Crippen LogP contribution in [0.15, 0.2) is 30.3 Å². The molecule has 2 aromatic rings. The molecular weight excluding hydrogens is 429 g/mol. The lowest BCUT2D eigenvalue weighted by atomic mass is 9.74. The summed E-state index contributed by atoms with van der Waals surface area (Å²) >= 11 is 5.70. The first-order chi connectivity index (χ1) is 15.4. The fourth-order valence-corrected chi connectivity index (χ4v) is 6.06. The monoisotopic (exact) mass is 462 g/mol. The highest BCUT2D eigenvalue weighted by atomic mass is 35.5. The van der Waals surface area contributed by atoms with Crippen LogP contribution in [0, 0.1) is 35.2 Å². The third-order valence-electron chi connectivity index (χ3n) is 8.12. The Hall–Kier alpha value is -1.48. The molecule has 4 heteroatoms. The minimum atomic E-state index is -0.677. The predicted octanol–water partition coefficient (Wildman–Crippen LogP) is 9.69. The summed E-state index contributed by atoms with van der Waals surface area (Å²) < 4.78 is 43.5. The second kappa shape index (κ2) is 10.6. The molecule has 0 bridgehead atoms. The maximum absolute atomic E-state index is 14.8. The Bertz CT molecular complexity index is 886. The molecule has 0 radical (unpaired) electrons. The Kier molecular flexibility index (Phi) is 7.87. The number of hydrogen-bond acceptors (Lipinski definition) is 0. The third kappa shape index (κ3) is 5.53. The van der Waals surface area contributed by atoms with Crippen LogP contribution in [0.4, 0.5) is 13.2 Å². The summed E-state index contributed by atoms with van der Waals surface area (Å²) in [6.45, 7) is 2.31. The number of hydrogen-bond donors (Lipinski definition) is 0. The topological polar surface area (TPSA) is 0 Å². The molecule has 2 fully saturated rings. The first kappa shape index (κ1) is 23.7. The van der Waals surface area contributed by atoms with E-state index in [0.29, 0.717) is 0 Å². The summed E-state index contributed by atoms with van der Waals surface area (Å²) in [4.78, 5) is 0. The second-order valence-electron chi connectivity index (χ2n) is 10.1. The van der Waals surface area contributed by atoms with Gasteiger partial charge in [-0.05, 0) is 84.7 Å². The van der Waals surface area contributed by atoms with Gasteiger partial charge in [-0.1, -0.05) is 69.5 Å². The molecule has 2 saturated carbocycles. The summed E-state index contributed by atoms with van der Waals surface area (Å²) in [6.07, 6.45) is 13.8. The molecule has 0 atom stereocenters. The summed E-state index contributed by atoms with van der Waals surface area (Å²) in [6, 6.07) is 6.76. The first-order valence-electron chi connectivity index (χ1n) is 12.4. The van der Waals surface area contributed by atoms with E-state index >= 15 is 0 Å². The summed E-state index contributed by atoms with van der Waals surface area (Å²) in [5.41, 5.74) is 0.718. The van der Waals surface area contributed by atoms with E-state index in [9.17, 15) is 13.2 Å². The molecule has 0 nitrogen and oxygen atoms in total. The highest BCUT2D eigenvalue weighted by Gasteiger charge is 2.26. The average molecular weight is 463 g/mol. The van der Waals surface area contributed by atoms with Crippen molar-refractivity contribution in [3.05, 3.63) is 58.4 Å². The zero-order valence-corrected chi connectivity index (χ0v) is 19.7. The Morgan fingerprint density at radius 3 is 1.78 bits per heavy atom. The predicted molar refractivity (Wildman–Crippen MR) is 126 cm³/mol. The van der Waals surface area contributed by atoms with E-state index in [1.54, 1.807) is 0 Å². The molecule has 0 heterocycles. The van der Waals surface area contributed by atoms with Gasteiger partial charge in [0, 0.05) is 0 Å². The summed E-state index contributed by atoms with van der Waals surface area (Å²) in [5.74, 6) is 0.866. The van der Waals surface area contributed by atoms with Gasteiger partial charge in [0.1, 0.15) is 17.5 Å². The number of rotatable bonds is 6. The third-order valence-corrected chi connectivity index (χ3v) is 8.42. The maximum atomic E-state index is 14.8. The lowest BCUT2D eigenvalue weighted by Crippen LogP contribution is -2.17. The zero-order valence-electron chi connectivity index (χ0n) is 19.0. The number of halogens is 4. The van der Waals surface area contributed by atoms with Crippen molar-refractivity contribution < 1.29 is 13.2 Å². The van der Waals surface area contributed by atoms with E-state index < -0.39 is 17.5 Å². The smallest absolute Gasteiger partial charge is 0.142 e. The lowest BCUT2D eigenvalue weighted by molar-refractivity contribution is 0.227. The quantitative estimate of drug-likeness (QED) is 0.400. The highest BCUT2D eigenvalue weighted by Crippen LogP contribution is 2.41. The minimum Gasteiger partial charge on any atom is -0.206 e. The largest absolute Gasteiger partial charge is 0.206 e. The molecule has 0 aliphatic heterocycles. The summed E-state index contributed by atoms with van der Waals surface area (Å²) in [7, 11) is 0. The molecule has 0 unspecified atom stereocenters. The van der Waals surface area contributed by atoms with Crippen LogP contribution in [0.25, 0.3) is 11.1 Å². The van der Waals surface area contributed by atoms with Crippen LogP contribution in [-0.2, 0) is 0 Å². The Morgan fingerprint density at radius 1 is 0.719 bits per heavy atom. The van der Waals surface area contributed by atoms with Crippen molar-refractivity contribution in [1.82, 2.24) is 0 Å². The first-order valence-corrected chi connectivity index (χ1v) is 12.8. The van der Waals surface area contributed by atoms with Crippen molar-refractivity contribution in [1.29, 1.82) is 0 Å². The van der Waals surface area contributed by atoms with E-state index in [1.807, 2.05) is 0 Å². The van der Waals surface area contributed by atoms with E-state index in [2.05, 4.69) is 6.92 Å². The van der Waals surface area contributed by atoms with Gasteiger partial charge in [0.25, 0.3) is 0 Å². The fraction of sp³-hybridized carbons (Fsp3) is 0.571. The van der Waals surface area contributed by atoms with Crippen molar-refractivity contribution in [3.63, 3.8) is 0 Å². The van der Waals surface area contributed by atoms with Crippen molar-refractivity contribution >= 4 is 11.6 Å². The van der Waals surface area contributed by atoms with Gasteiger partial charge >= 0.3 is 0 Å². The van der Waals surface area contributed by atoms with Gasteiger partial charge in [-0.2, -0.15) is 0 Å². The van der Waals surface area contributed by atoms with Crippen LogP contribution in [0.5, 0.6) is 0 Å². The van der Waals surface area contributed by atoms with Gasteiger partial charge in [0.15, 0.2) is 0 Å². The van der Waals surface area contributed by atoms with Gasteiger partial charge in [0.05, 0.1) is 10.6 Å². The van der Waals surface area contributed by atoms with Crippen LogP contribution >= 0.6 is 11.6 Å². The molecule has 0 aromatic heterocycles. The Morgan fingerprint density at radius 2 is 1.25 bits per heavy atom. The van der Waals surface area contributed by atoms with Gasteiger partial charge in [-0.15, -0.1) is 0 Å². The molecular formula is C28H34ClF3. The zero-order chi connectivity index (χ0) is 22.7. The molecule has 4 rings (SSSR count). The standard InChI is InChI=1S/C28H34ClF3/c1-2-18-3-5-19(6-4-18)7-8-20-9-11-21(12-10-20)23-16-26(31)28(27(32)17-23)22-13-14-24(29)25(30)15-22/h13-21H,2-12H2,1H3. The molecule has 0 amide bonds. The lowest BCUT2D eigenvalue weighted by Gasteiger charge is -2.32. The Labute approximate surface area is 195 Å². The number of benzene rings is 2. The van der Waals surface area contributed by atoms with Gasteiger partial charge in [-0.3, -0.25) is 0 Å². The van der Waals surface area contributed by atoms with Crippen molar-refractivity contribution in [2.45, 2.75) is 83.5 Å². The van der Waals surface area contributed by atoms with Crippen LogP contribution in [-0.4, -0.2) is 0 Å². The molecule has 2 aromatic carbocycles. The fourth-order valence-electron chi connectivity index (χ4n) is 5.94. The van der Waals surface area contributed by atoms with Gasteiger partial charge in [0.2, 0.25) is 0 Å². The van der Waals surface area contributed by atoms with Crippen molar-refractivity contribution in [2.75, 3.05) is 0 Å². The van der Waals surface area contributed by atoms with Crippen LogP contribution in [0.3, 0.4) is 0 Å². The van der Waals surface area contributed by atoms with E-state index in [1.165, 1.54) is 69.2 Å². The SMILES string of the molecule is CCC1CCC(CCC2CCC(c3cc(F)c(-c4ccc(Cl)c(F)c4)c(F)c3)CC2)CC1. The molecule has 0 N–H and O–H groups in total. The van der Waals surface area contributed by atoms with Crippen LogP contribution in [0.1, 0.15) is 89.0 Å². The van der Waals surface area contributed by atoms with E-state index in [-0.39, 0.29) is 22.1 Å².